The van der Waals surface area contributed by atoms with E-state index in [-0.39, 0.29) is 17.1 Å². The van der Waals surface area contributed by atoms with Gasteiger partial charge >= 0.3 is 5.97 Å². The van der Waals surface area contributed by atoms with Crippen LogP contribution in [0.3, 0.4) is 0 Å². The van der Waals surface area contributed by atoms with Gasteiger partial charge in [-0.3, -0.25) is 4.79 Å². The number of ether oxygens (including phenoxy) is 1. The highest BCUT2D eigenvalue weighted by atomic mass is 19.1. The molecule has 2 aliphatic rings. The molecule has 0 aliphatic heterocycles. The lowest BCUT2D eigenvalue weighted by Gasteiger charge is -2.43. The highest BCUT2D eigenvalue weighted by Crippen LogP contribution is 2.49. The number of hydrogen-bond acceptors (Lipinski definition) is 2. The summed E-state index contributed by atoms with van der Waals surface area (Å²) in [5.41, 5.74) is -0.374. The first-order valence-electron chi connectivity index (χ1n) is 8.69. The van der Waals surface area contributed by atoms with E-state index >= 15 is 0 Å². The van der Waals surface area contributed by atoms with Gasteiger partial charge in [-0.2, -0.15) is 0 Å². The first-order chi connectivity index (χ1) is 10.7. The second-order valence-electron chi connectivity index (χ2n) is 6.87. The van der Waals surface area contributed by atoms with Crippen LogP contribution in [-0.4, -0.2) is 5.97 Å². The molecular formula is C19H25FO2. The molecular weight excluding hydrogens is 279 g/mol. The quantitative estimate of drug-likeness (QED) is 0.562. The number of esters is 1. The predicted octanol–water partition coefficient (Wildman–Crippen LogP) is 5.26. The van der Waals surface area contributed by atoms with Crippen LogP contribution < -0.4 is 4.74 Å². The third kappa shape index (κ3) is 3.04. The minimum absolute atomic E-state index is 0.0771. The fourth-order valence-electron chi connectivity index (χ4n) is 4.35. The molecule has 2 saturated carbocycles. The number of hydrogen-bond donors (Lipinski definition) is 0. The Hall–Kier alpha value is -1.38. The van der Waals surface area contributed by atoms with Gasteiger partial charge in [-0.1, -0.05) is 50.7 Å². The van der Waals surface area contributed by atoms with Gasteiger partial charge < -0.3 is 4.74 Å². The second kappa shape index (κ2) is 6.80. The van der Waals surface area contributed by atoms with E-state index in [4.69, 9.17) is 4.74 Å². The first-order valence-corrected chi connectivity index (χ1v) is 8.69. The van der Waals surface area contributed by atoms with Crippen LogP contribution >= 0.6 is 0 Å². The SMILES string of the molecule is O=C(Oc1ccccc1F)C1(C2CCCCC2)CCCCC1. The fourth-order valence-corrected chi connectivity index (χ4v) is 4.35. The fraction of sp³-hybridized carbons (Fsp3) is 0.632. The van der Waals surface area contributed by atoms with Crippen molar-refractivity contribution in [3.8, 4) is 5.75 Å². The highest BCUT2D eigenvalue weighted by molar-refractivity contribution is 5.79. The summed E-state index contributed by atoms with van der Waals surface area (Å²) < 4.78 is 19.3. The maximum atomic E-state index is 13.8. The monoisotopic (exact) mass is 304 g/mol. The van der Waals surface area contributed by atoms with Crippen LogP contribution in [-0.2, 0) is 4.79 Å². The molecule has 0 unspecified atom stereocenters. The van der Waals surface area contributed by atoms with E-state index in [1.165, 1.54) is 31.7 Å². The highest BCUT2D eigenvalue weighted by Gasteiger charge is 2.47. The molecule has 0 atom stereocenters. The molecule has 1 aromatic carbocycles. The van der Waals surface area contributed by atoms with Gasteiger partial charge in [-0.25, -0.2) is 4.39 Å². The Labute approximate surface area is 132 Å². The number of rotatable bonds is 3. The van der Waals surface area contributed by atoms with E-state index in [1.54, 1.807) is 18.2 Å². The standard InChI is InChI=1S/C19H25FO2/c20-16-11-5-6-12-17(16)22-18(21)19(13-7-2-8-14-19)15-9-3-1-4-10-15/h5-6,11-12,15H,1-4,7-10,13-14H2. The molecule has 2 nitrogen and oxygen atoms in total. The Kier molecular flexibility index (Phi) is 4.80. The van der Waals surface area contributed by atoms with Crippen molar-refractivity contribution < 1.29 is 13.9 Å². The molecule has 0 heterocycles. The topological polar surface area (TPSA) is 26.3 Å². The third-order valence-electron chi connectivity index (χ3n) is 5.58. The normalized spacial score (nSPS) is 22.2. The molecule has 0 bridgehead atoms. The number of benzene rings is 1. The van der Waals surface area contributed by atoms with Crippen LogP contribution in [0.4, 0.5) is 4.39 Å². The van der Waals surface area contributed by atoms with Gasteiger partial charge in [0, 0.05) is 0 Å². The van der Waals surface area contributed by atoms with E-state index in [0.29, 0.717) is 5.92 Å². The summed E-state index contributed by atoms with van der Waals surface area (Å²) in [6.07, 6.45) is 11.1. The number of halogens is 1. The lowest BCUT2D eigenvalue weighted by molar-refractivity contribution is -0.153. The molecule has 1 aromatic rings. The largest absolute Gasteiger partial charge is 0.423 e. The van der Waals surface area contributed by atoms with Crippen molar-refractivity contribution >= 4 is 5.97 Å². The smallest absolute Gasteiger partial charge is 0.317 e. The molecule has 3 heteroatoms. The lowest BCUT2D eigenvalue weighted by atomic mass is 9.61. The average Bonchev–Trinajstić information content (AvgIpc) is 2.58. The van der Waals surface area contributed by atoms with E-state index < -0.39 is 5.82 Å². The van der Waals surface area contributed by atoms with Crippen LogP contribution in [0.15, 0.2) is 24.3 Å². The van der Waals surface area contributed by atoms with Crippen molar-refractivity contribution in [3.05, 3.63) is 30.1 Å². The second-order valence-corrected chi connectivity index (χ2v) is 6.87. The van der Waals surface area contributed by atoms with Gasteiger partial charge in [0.2, 0.25) is 0 Å². The summed E-state index contributed by atoms with van der Waals surface area (Å²) in [5.74, 6) is -0.149. The van der Waals surface area contributed by atoms with Gasteiger partial charge in [0.25, 0.3) is 0 Å². The number of para-hydroxylation sites is 1. The summed E-state index contributed by atoms with van der Waals surface area (Å²) in [4.78, 5) is 13.0. The Morgan fingerprint density at radius 1 is 1.00 bits per heavy atom. The zero-order valence-electron chi connectivity index (χ0n) is 13.2. The van der Waals surface area contributed by atoms with Crippen molar-refractivity contribution in [1.29, 1.82) is 0 Å². The molecule has 0 spiro atoms. The summed E-state index contributed by atoms with van der Waals surface area (Å²) >= 11 is 0. The van der Waals surface area contributed by atoms with Gasteiger partial charge in [0.15, 0.2) is 11.6 Å². The molecule has 3 rings (SSSR count). The maximum Gasteiger partial charge on any atom is 0.317 e. The Morgan fingerprint density at radius 2 is 1.64 bits per heavy atom. The molecule has 120 valence electrons. The zero-order valence-corrected chi connectivity index (χ0v) is 13.2. The Morgan fingerprint density at radius 3 is 2.32 bits per heavy atom. The number of carbonyl (C=O) groups is 1. The Bertz CT molecular complexity index is 514. The molecule has 0 N–H and O–H groups in total. The van der Waals surface area contributed by atoms with E-state index in [1.807, 2.05) is 0 Å². The van der Waals surface area contributed by atoms with Crippen molar-refractivity contribution in [2.45, 2.75) is 64.2 Å². The molecule has 0 amide bonds. The molecule has 0 radical (unpaired) electrons. The summed E-state index contributed by atoms with van der Waals surface area (Å²) in [5, 5.41) is 0. The van der Waals surface area contributed by atoms with E-state index in [9.17, 15) is 9.18 Å². The van der Waals surface area contributed by atoms with Gasteiger partial charge in [0.1, 0.15) is 0 Å². The van der Waals surface area contributed by atoms with Gasteiger partial charge in [0.05, 0.1) is 5.41 Å². The van der Waals surface area contributed by atoms with E-state index in [2.05, 4.69) is 0 Å². The molecule has 22 heavy (non-hydrogen) atoms. The molecule has 0 aromatic heterocycles. The van der Waals surface area contributed by atoms with Crippen LogP contribution in [0.5, 0.6) is 5.75 Å². The van der Waals surface area contributed by atoms with Gasteiger partial charge in [-0.15, -0.1) is 0 Å². The van der Waals surface area contributed by atoms with Crippen molar-refractivity contribution in [3.63, 3.8) is 0 Å². The van der Waals surface area contributed by atoms with E-state index in [0.717, 1.165) is 38.5 Å². The summed E-state index contributed by atoms with van der Waals surface area (Å²) in [6.45, 7) is 0. The van der Waals surface area contributed by atoms with Crippen molar-refractivity contribution in [2.75, 3.05) is 0 Å². The zero-order chi connectivity index (χ0) is 15.4. The molecule has 2 aliphatic carbocycles. The molecule has 2 fully saturated rings. The maximum absolute atomic E-state index is 13.8. The van der Waals surface area contributed by atoms with Crippen LogP contribution in [0.2, 0.25) is 0 Å². The summed E-state index contributed by atoms with van der Waals surface area (Å²) in [6, 6.07) is 6.21. The van der Waals surface area contributed by atoms with Crippen LogP contribution in [0, 0.1) is 17.2 Å². The minimum Gasteiger partial charge on any atom is -0.423 e. The number of carbonyl (C=O) groups excluding carboxylic acids is 1. The minimum atomic E-state index is -0.453. The lowest BCUT2D eigenvalue weighted by Crippen LogP contribution is -2.44. The predicted molar refractivity (Wildman–Crippen MR) is 84.1 cm³/mol. The Balaban J connectivity index is 1.82. The van der Waals surface area contributed by atoms with Crippen molar-refractivity contribution in [2.24, 2.45) is 11.3 Å². The average molecular weight is 304 g/mol. The van der Waals surface area contributed by atoms with Crippen molar-refractivity contribution in [1.82, 2.24) is 0 Å². The first kappa shape index (κ1) is 15.5. The van der Waals surface area contributed by atoms with Crippen LogP contribution in [0.25, 0.3) is 0 Å². The van der Waals surface area contributed by atoms with Crippen LogP contribution in [0.1, 0.15) is 64.2 Å². The third-order valence-corrected chi connectivity index (χ3v) is 5.58. The van der Waals surface area contributed by atoms with Gasteiger partial charge in [-0.05, 0) is 43.7 Å². The molecule has 0 saturated heterocycles. The summed E-state index contributed by atoms with van der Waals surface area (Å²) in [7, 11) is 0.